The highest BCUT2D eigenvalue weighted by Gasteiger charge is 2.24. The van der Waals surface area contributed by atoms with E-state index in [9.17, 15) is 13.2 Å². The molecule has 0 aromatic carbocycles. The first kappa shape index (κ1) is 22.0. The fourth-order valence-corrected chi connectivity index (χ4v) is 4.26. The van der Waals surface area contributed by atoms with Crippen LogP contribution in [-0.4, -0.2) is 53.3 Å². The molecule has 0 spiro atoms. The first-order chi connectivity index (χ1) is 11.8. The van der Waals surface area contributed by atoms with Gasteiger partial charge in [0.05, 0.1) is 29.9 Å². The molecular weight excluding hydrogens is 356 g/mol. The predicted molar refractivity (Wildman–Crippen MR) is 102 cm³/mol. The summed E-state index contributed by atoms with van der Waals surface area (Å²) in [7, 11) is -2.72. The van der Waals surface area contributed by atoms with Crippen molar-refractivity contribution in [2.75, 3.05) is 18.1 Å². The summed E-state index contributed by atoms with van der Waals surface area (Å²) in [5, 5.41) is 5.12. The Morgan fingerprint density at radius 2 is 2.08 bits per heavy atom. The van der Waals surface area contributed by atoms with Crippen LogP contribution in [0.3, 0.4) is 0 Å². The van der Waals surface area contributed by atoms with Gasteiger partial charge in [0.15, 0.2) is 15.5 Å². The molecule has 8 nitrogen and oxygen atoms in total. The molecule has 146 valence electrons. The van der Waals surface area contributed by atoms with E-state index in [2.05, 4.69) is 10.1 Å². The molecular formula is C17H28N4O4S. The standard InChI is InChI=1S/C12H15N3O2.C4H9NO2S.CH4/c1-4-15-11-9(7-14-15)8(3)10(6-13-11)12(16)17-5-2;5-4-1-2-8(6,7)3-4;/h6-7H,4-5H2,1-3H3;4H,1-3,5H2;1H4. The Labute approximate surface area is 154 Å². The van der Waals surface area contributed by atoms with Crippen molar-refractivity contribution < 1.29 is 17.9 Å². The van der Waals surface area contributed by atoms with Crippen LogP contribution in [0.25, 0.3) is 11.0 Å². The van der Waals surface area contributed by atoms with Crippen LogP contribution in [0, 0.1) is 6.92 Å². The molecule has 0 saturated carbocycles. The molecule has 9 heteroatoms. The number of sulfone groups is 1. The molecule has 26 heavy (non-hydrogen) atoms. The highest BCUT2D eigenvalue weighted by molar-refractivity contribution is 7.91. The van der Waals surface area contributed by atoms with Gasteiger partial charge in [0.2, 0.25) is 0 Å². The van der Waals surface area contributed by atoms with E-state index in [1.807, 2.05) is 13.8 Å². The summed E-state index contributed by atoms with van der Waals surface area (Å²) in [5.41, 5.74) is 7.51. The number of rotatable bonds is 3. The molecule has 1 aliphatic heterocycles. The summed E-state index contributed by atoms with van der Waals surface area (Å²) in [6.07, 6.45) is 3.94. The lowest BCUT2D eigenvalue weighted by molar-refractivity contribution is 0.0525. The minimum Gasteiger partial charge on any atom is -0.462 e. The largest absolute Gasteiger partial charge is 0.462 e. The predicted octanol–water partition coefficient (Wildman–Crippen LogP) is 1.70. The van der Waals surface area contributed by atoms with Gasteiger partial charge < -0.3 is 10.5 Å². The monoisotopic (exact) mass is 384 g/mol. The second-order valence-corrected chi connectivity index (χ2v) is 8.11. The van der Waals surface area contributed by atoms with E-state index in [1.54, 1.807) is 24.0 Å². The van der Waals surface area contributed by atoms with Gasteiger partial charge in [-0.2, -0.15) is 5.10 Å². The number of ether oxygens (including phenoxy) is 1. The Balaban J connectivity index is 0.000000318. The quantitative estimate of drug-likeness (QED) is 0.800. The summed E-state index contributed by atoms with van der Waals surface area (Å²) in [4.78, 5) is 16.0. The Morgan fingerprint density at radius 1 is 1.38 bits per heavy atom. The number of nitrogens with zero attached hydrogens (tertiary/aromatic N) is 3. The van der Waals surface area contributed by atoms with Gasteiger partial charge in [0.1, 0.15) is 0 Å². The maximum atomic E-state index is 11.7. The molecule has 0 bridgehead atoms. The van der Waals surface area contributed by atoms with Crippen LogP contribution in [-0.2, 0) is 21.1 Å². The summed E-state index contributed by atoms with van der Waals surface area (Å²) in [6.45, 7) is 6.80. The number of hydrogen-bond acceptors (Lipinski definition) is 7. The summed E-state index contributed by atoms with van der Waals surface area (Å²) in [5.74, 6) is 0.143. The van der Waals surface area contributed by atoms with Crippen molar-refractivity contribution in [3.05, 3.63) is 23.5 Å². The molecule has 3 heterocycles. The summed E-state index contributed by atoms with van der Waals surface area (Å²) >= 11 is 0. The number of hydrogen-bond donors (Lipinski definition) is 1. The molecule has 0 radical (unpaired) electrons. The molecule has 2 aromatic heterocycles. The fraction of sp³-hybridized carbons (Fsp3) is 0.588. The van der Waals surface area contributed by atoms with E-state index in [1.165, 1.54) is 0 Å². The minimum atomic E-state index is -2.72. The maximum absolute atomic E-state index is 11.7. The van der Waals surface area contributed by atoms with Gasteiger partial charge in [0.25, 0.3) is 0 Å². The summed E-state index contributed by atoms with van der Waals surface area (Å²) < 4.78 is 27.9. The Kier molecular flexibility index (Phi) is 7.70. The van der Waals surface area contributed by atoms with E-state index in [0.29, 0.717) is 18.6 Å². The zero-order chi connectivity index (χ0) is 18.6. The number of aromatic nitrogens is 3. The number of fused-ring (bicyclic) bond motifs is 1. The normalized spacial score (nSPS) is 17.9. The third-order valence-corrected chi connectivity index (χ3v) is 5.79. The SMILES string of the molecule is C.CCOC(=O)c1cnc2c(cnn2CC)c1C.NC1CCS(=O)(=O)C1. The smallest absolute Gasteiger partial charge is 0.339 e. The maximum Gasteiger partial charge on any atom is 0.339 e. The molecule has 0 aliphatic carbocycles. The Bertz CT molecular complexity index is 861. The van der Waals surface area contributed by atoms with Gasteiger partial charge in [-0.25, -0.2) is 22.9 Å². The lowest BCUT2D eigenvalue weighted by Crippen LogP contribution is -2.20. The van der Waals surface area contributed by atoms with Crippen LogP contribution in [0.1, 0.15) is 43.6 Å². The highest BCUT2D eigenvalue weighted by atomic mass is 32.2. The van der Waals surface area contributed by atoms with E-state index < -0.39 is 9.84 Å². The molecule has 1 unspecified atom stereocenters. The second kappa shape index (κ2) is 9.09. The van der Waals surface area contributed by atoms with Crippen LogP contribution < -0.4 is 5.73 Å². The van der Waals surface area contributed by atoms with E-state index >= 15 is 0 Å². The lowest BCUT2D eigenvalue weighted by atomic mass is 10.1. The number of pyridine rings is 1. The molecule has 1 atom stereocenters. The molecule has 3 rings (SSSR count). The van der Waals surface area contributed by atoms with Crippen LogP contribution in [0.15, 0.2) is 12.4 Å². The molecule has 2 N–H and O–H groups in total. The van der Waals surface area contributed by atoms with Gasteiger partial charge in [0, 0.05) is 24.2 Å². The van der Waals surface area contributed by atoms with Gasteiger partial charge >= 0.3 is 5.97 Å². The Hall–Kier alpha value is -2.00. The van der Waals surface area contributed by atoms with Crippen molar-refractivity contribution in [1.29, 1.82) is 0 Å². The van der Waals surface area contributed by atoms with E-state index in [0.717, 1.165) is 23.1 Å². The van der Waals surface area contributed by atoms with Crippen molar-refractivity contribution in [2.24, 2.45) is 5.73 Å². The molecule has 1 aliphatic rings. The topological polar surface area (TPSA) is 117 Å². The van der Waals surface area contributed by atoms with Crippen LogP contribution in [0.4, 0.5) is 0 Å². The van der Waals surface area contributed by atoms with Gasteiger partial charge in [-0.1, -0.05) is 7.43 Å². The van der Waals surface area contributed by atoms with Gasteiger partial charge in [-0.05, 0) is 32.8 Å². The third-order valence-electron chi connectivity index (χ3n) is 4.00. The van der Waals surface area contributed by atoms with Crippen molar-refractivity contribution in [3.63, 3.8) is 0 Å². The van der Waals surface area contributed by atoms with Gasteiger partial charge in [-0.3, -0.25) is 0 Å². The van der Waals surface area contributed by atoms with Crippen molar-refractivity contribution >= 4 is 26.8 Å². The minimum absolute atomic E-state index is 0. The fourth-order valence-electron chi connectivity index (χ4n) is 2.62. The van der Waals surface area contributed by atoms with Crippen LogP contribution in [0.2, 0.25) is 0 Å². The zero-order valence-corrected chi connectivity index (χ0v) is 15.5. The highest BCUT2D eigenvalue weighted by Crippen LogP contribution is 2.20. The first-order valence-electron chi connectivity index (χ1n) is 8.23. The summed E-state index contributed by atoms with van der Waals surface area (Å²) in [6, 6.07) is -0.0972. The molecule has 2 aromatic rings. The molecule has 1 saturated heterocycles. The van der Waals surface area contributed by atoms with E-state index in [-0.39, 0.29) is 30.9 Å². The molecule has 1 fully saturated rings. The van der Waals surface area contributed by atoms with Crippen LogP contribution in [0.5, 0.6) is 0 Å². The third kappa shape index (κ3) is 5.01. The zero-order valence-electron chi connectivity index (χ0n) is 14.7. The average Bonchev–Trinajstić information content (AvgIpc) is 3.11. The average molecular weight is 385 g/mol. The number of esters is 1. The van der Waals surface area contributed by atoms with Crippen molar-refractivity contribution in [1.82, 2.24) is 14.8 Å². The Morgan fingerprint density at radius 3 is 2.54 bits per heavy atom. The van der Waals surface area contributed by atoms with Gasteiger partial charge in [-0.15, -0.1) is 0 Å². The van der Waals surface area contributed by atoms with Crippen molar-refractivity contribution in [2.45, 2.75) is 47.2 Å². The second-order valence-electron chi connectivity index (χ2n) is 5.88. The number of carbonyl (C=O) groups is 1. The van der Waals surface area contributed by atoms with Crippen LogP contribution >= 0.6 is 0 Å². The molecule has 0 amide bonds. The first-order valence-corrected chi connectivity index (χ1v) is 10.1. The van der Waals surface area contributed by atoms with E-state index in [4.69, 9.17) is 10.5 Å². The van der Waals surface area contributed by atoms with Crippen molar-refractivity contribution in [3.8, 4) is 0 Å². The number of carbonyl (C=O) groups excluding carboxylic acids is 1. The number of aryl methyl sites for hydroxylation is 2. The lowest BCUT2D eigenvalue weighted by Gasteiger charge is -2.06. The number of nitrogens with two attached hydrogens (primary N) is 1.